The second-order valence-electron chi connectivity index (χ2n) is 6.74. The molecule has 2 aromatic rings. The van der Waals surface area contributed by atoms with Gasteiger partial charge < -0.3 is 15.3 Å². The van der Waals surface area contributed by atoms with Gasteiger partial charge in [0.25, 0.3) is 0 Å². The summed E-state index contributed by atoms with van der Waals surface area (Å²) in [4.78, 5) is 18.2. The number of aryl methyl sites for hydroxylation is 1. The fourth-order valence-electron chi connectivity index (χ4n) is 3.36. The van der Waals surface area contributed by atoms with E-state index in [9.17, 15) is 9.90 Å². The van der Waals surface area contributed by atoms with Gasteiger partial charge in [0.1, 0.15) is 0 Å². The average molecular weight is 327 g/mol. The maximum absolute atomic E-state index is 11.3. The number of unbranched alkanes of at least 4 members (excludes halogenated alkanes) is 1. The summed E-state index contributed by atoms with van der Waals surface area (Å²) in [7, 11) is 4.17. The predicted molar refractivity (Wildman–Crippen MR) is 97.0 cm³/mol. The lowest BCUT2D eigenvalue weighted by atomic mass is 10.0. The van der Waals surface area contributed by atoms with Crippen LogP contribution >= 0.6 is 0 Å². The quantitative estimate of drug-likeness (QED) is 0.765. The Morgan fingerprint density at radius 1 is 1.29 bits per heavy atom. The Hall–Kier alpha value is -2.14. The van der Waals surface area contributed by atoms with E-state index < -0.39 is 5.97 Å². The minimum absolute atomic E-state index is 0.318. The third kappa shape index (κ3) is 3.51. The summed E-state index contributed by atoms with van der Waals surface area (Å²) in [6.45, 7) is 1.98. The Morgan fingerprint density at radius 3 is 2.88 bits per heavy atom. The summed E-state index contributed by atoms with van der Waals surface area (Å²) in [6, 6.07) is 5.22. The number of benzene rings is 1. The summed E-state index contributed by atoms with van der Waals surface area (Å²) in [6.07, 6.45) is 5.40. The molecule has 1 heterocycles. The fraction of sp³-hybridized carbons (Fsp3) is 0.474. The molecule has 0 amide bonds. The molecule has 0 bridgehead atoms. The number of fused-ring (bicyclic) bond motifs is 2. The van der Waals surface area contributed by atoms with Gasteiger partial charge in [-0.1, -0.05) is 0 Å². The Kier molecular flexibility index (Phi) is 5.00. The number of nitrogens with zero attached hydrogens (tertiary/aromatic N) is 2. The first-order valence-electron chi connectivity index (χ1n) is 8.63. The summed E-state index contributed by atoms with van der Waals surface area (Å²) in [5, 5.41) is 13.8. The molecule has 0 saturated heterocycles. The Bertz CT molecular complexity index is 756. The van der Waals surface area contributed by atoms with Gasteiger partial charge in [0.2, 0.25) is 0 Å². The molecule has 0 fully saturated rings. The summed E-state index contributed by atoms with van der Waals surface area (Å²) < 4.78 is 0. The van der Waals surface area contributed by atoms with Crippen molar-refractivity contribution in [2.45, 2.75) is 32.1 Å². The highest BCUT2D eigenvalue weighted by molar-refractivity contribution is 5.99. The summed E-state index contributed by atoms with van der Waals surface area (Å²) in [5.74, 6) is -0.894. The van der Waals surface area contributed by atoms with Crippen LogP contribution in [-0.4, -0.2) is 48.1 Å². The van der Waals surface area contributed by atoms with Crippen LogP contribution < -0.4 is 5.32 Å². The molecular formula is C19H25N3O2. The smallest absolute Gasteiger partial charge is 0.335 e. The van der Waals surface area contributed by atoms with Crippen molar-refractivity contribution >= 4 is 22.6 Å². The van der Waals surface area contributed by atoms with E-state index >= 15 is 0 Å². The third-order valence-corrected chi connectivity index (χ3v) is 4.59. The van der Waals surface area contributed by atoms with Crippen molar-refractivity contribution in [2.75, 3.05) is 32.5 Å². The second kappa shape index (κ2) is 7.18. The van der Waals surface area contributed by atoms with E-state index in [0.717, 1.165) is 61.8 Å². The van der Waals surface area contributed by atoms with Crippen LogP contribution in [-0.2, 0) is 12.8 Å². The molecule has 1 aliphatic rings. The number of carboxylic acids is 1. The van der Waals surface area contributed by atoms with E-state index in [1.54, 1.807) is 12.1 Å². The lowest BCUT2D eigenvalue weighted by Gasteiger charge is -2.16. The van der Waals surface area contributed by atoms with Crippen molar-refractivity contribution in [2.24, 2.45) is 0 Å². The zero-order chi connectivity index (χ0) is 17.1. The number of rotatable bonds is 7. The maximum atomic E-state index is 11.3. The highest BCUT2D eigenvalue weighted by atomic mass is 16.4. The van der Waals surface area contributed by atoms with Crippen LogP contribution in [0.5, 0.6) is 0 Å². The number of aromatic carboxylic acids is 1. The van der Waals surface area contributed by atoms with E-state index in [2.05, 4.69) is 24.3 Å². The van der Waals surface area contributed by atoms with Crippen LogP contribution in [0.3, 0.4) is 0 Å². The Labute approximate surface area is 142 Å². The molecule has 128 valence electrons. The first-order valence-corrected chi connectivity index (χ1v) is 8.63. The van der Waals surface area contributed by atoms with Gasteiger partial charge in [-0.2, -0.15) is 0 Å². The van der Waals surface area contributed by atoms with Crippen LogP contribution in [0, 0.1) is 0 Å². The monoisotopic (exact) mass is 327 g/mol. The second-order valence-corrected chi connectivity index (χ2v) is 6.74. The van der Waals surface area contributed by atoms with E-state index in [0.29, 0.717) is 5.56 Å². The number of carbonyl (C=O) groups is 1. The molecule has 1 aromatic heterocycles. The SMILES string of the molecule is CN(C)CCCCNc1c2c(nc3ccc(C(=O)O)cc13)CCC2. The van der Waals surface area contributed by atoms with Crippen LogP contribution in [0.25, 0.3) is 10.9 Å². The molecule has 2 N–H and O–H groups in total. The van der Waals surface area contributed by atoms with E-state index in [1.807, 2.05) is 6.07 Å². The van der Waals surface area contributed by atoms with Crippen LogP contribution in [0.4, 0.5) is 5.69 Å². The number of hydrogen-bond donors (Lipinski definition) is 2. The Morgan fingerprint density at radius 2 is 2.12 bits per heavy atom. The first kappa shape index (κ1) is 16.7. The molecule has 3 rings (SSSR count). The number of pyridine rings is 1. The van der Waals surface area contributed by atoms with Gasteiger partial charge in [0.15, 0.2) is 0 Å². The number of nitrogens with one attached hydrogen (secondary N) is 1. The van der Waals surface area contributed by atoms with Gasteiger partial charge in [-0.05, 0) is 76.5 Å². The van der Waals surface area contributed by atoms with Gasteiger partial charge in [-0.15, -0.1) is 0 Å². The zero-order valence-electron chi connectivity index (χ0n) is 14.4. The number of hydrogen-bond acceptors (Lipinski definition) is 4. The lowest BCUT2D eigenvalue weighted by Crippen LogP contribution is -2.14. The van der Waals surface area contributed by atoms with E-state index in [4.69, 9.17) is 4.98 Å². The minimum atomic E-state index is -0.894. The highest BCUT2D eigenvalue weighted by Gasteiger charge is 2.20. The average Bonchev–Trinajstić information content (AvgIpc) is 3.00. The molecule has 0 unspecified atom stereocenters. The molecular weight excluding hydrogens is 302 g/mol. The van der Waals surface area contributed by atoms with Crippen molar-refractivity contribution in [1.82, 2.24) is 9.88 Å². The summed E-state index contributed by atoms with van der Waals surface area (Å²) >= 11 is 0. The molecule has 5 nitrogen and oxygen atoms in total. The lowest BCUT2D eigenvalue weighted by molar-refractivity contribution is 0.0697. The largest absolute Gasteiger partial charge is 0.478 e. The number of aromatic nitrogens is 1. The molecule has 1 aromatic carbocycles. The first-order chi connectivity index (χ1) is 11.6. The van der Waals surface area contributed by atoms with Gasteiger partial charge in [-0.3, -0.25) is 4.98 Å². The molecule has 0 atom stereocenters. The standard InChI is InChI=1S/C19H25N3O2/c1-22(2)11-4-3-10-20-18-14-6-5-7-16(14)21-17-9-8-13(19(23)24)12-15(17)18/h8-9,12H,3-7,10-11H2,1-2H3,(H,20,21)(H,23,24). The van der Waals surface area contributed by atoms with Gasteiger partial charge in [0.05, 0.1) is 11.1 Å². The van der Waals surface area contributed by atoms with Crippen LogP contribution in [0.15, 0.2) is 18.2 Å². The predicted octanol–water partition coefficient (Wildman–Crippen LogP) is 3.18. The zero-order valence-corrected chi connectivity index (χ0v) is 14.4. The molecule has 0 spiro atoms. The van der Waals surface area contributed by atoms with Crippen LogP contribution in [0.2, 0.25) is 0 Å². The highest BCUT2D eigenvalue weighted by Crippen LogP contribution is 2.34. The number of anilines is 1. The van der Waals surface area contributed by atoms with Crippen LogP contribution in [0.1, 0.15) is 40.9 Å². The molecule has 0 radical (unpaired) electrons. The van der Waals surface area contributed by atoms with Gasteiger partial charge in [0, 0.05) is 23.3 Å². The van der Waals surface area contributed by atoms with Crippen molar-refractivity contribution in [1.29, 1.82) is 0 Å². The van der Waals surface area contributed by atoms with Crippen molar-refractivity contribution < 1.29 is 9.90 Å². The van der Waals surface area contributed by atoms with Crippen molar-refractivity contribution in [3.8, 4) is 0 Å². The normalized spacial score (nSPS) is 13.5. The van der Waals surface area contributed by atoms with E-state index in [-0.39, 0.29) is 0 Å². The Balaban J connectivity index is 1.88. The van der Waals surface area contributed by atoms with Crippen molar-refractivity contribution in [3.63, 3.8) is 0 Å². The van der Waals surface area contributed by atoms with Gasteiger partial charge >= 0.3 is 5.97 Å². The minimum Gasteiger partial charge on any atom is -0.478 e. The molecule has 1 aliphatic carbocycles. The molecule has 0 aliphatic heterocycles. The molecule has 0 saturated carbocycles. The topological polar surface area (TPSA) is 65.5 Å². The third-order valence-electron chi connectivity index (χ3n) is 4.59. The van der Waals surface area contributed by atoms with Gasteiger partial charge in [-0.25, -0.2) is 4.79 Å². The fourth-order valence-corrected chi connectivity index (χ4v) is 3.36. The number of carboxylic acid groups (broad SMARTS) is 1. The maximum Gasteiger partial charge on any atom is 0.335 e. The molecule has 24 heavy (non-hydrogen) atoms. The van der Waals surface area contributed by atoms with Crippen molar-refractivity contribution in [3.05, 3.63) is 35.0 Å². The van der Waals surface area contributed by atoms with E-state index in [1.165, 1.54) is 11.3 Å². The molecule has 5 heteroatoms. The summed E-state index contributed by atoms with van der Waals surface area (Å²) in [5.41, 5.74) is 4.74.